The van der Waals surface area contributed by atoms with Crippen molar-refractivity contribution in [2.75, 3.05) is 13.1 Å². The third-order valence-corrected chi connectivity index (χ3v) is 6.71. The second-order valence-electron chi connectivity index (χ2n) is 5.14. The number of benzene rings is 1. The highest BCUT2D eigenvalue weighted by Gasteiger charge is 2.32. The van der Waals surface area contributed by atoms with Crippen LogP contribution in [0.15, 0.2) is 17.0 Å². The van der Waals surface area contributed by atoms with Gasteiger partial charge in [-0.15, -0.1) is 0 Å². The van der Waals surface area contributed by atoms with Crippen LogP contribution < -0.4 is 0 Å². The highest BCUT2D eigenvalue weighted by molar-refractivity contribution is 7.89. The first-order chi connectivity index (χ1) is 10.2. The van der Waals surface area contributed by atoms with Gasteiger partial charge in [-0.05, 0) is 30.9 Å². The molecule has 0 aromatic heterocycles. The maximum atomic E-state index is 12.6. The van der Waals surface area contributed by atoms with Crippen molar-refractivity contribution >= 4 is 50.8 Å². The second-order valence-corrected chi connectivity index (χ2v) is 8.27. The van der Waals surface area contributed by atoms with Gasteiger partial charge in [-0.3, -0.25) is 4.79 Å². The molecule has 1 saturated heterocycles. The van der Waals surface area contributed by atoms with Gasteiger partial charge in [-0.25, -0.2) is 8.42 Å². The molecular weight excluding hydrogens is 373 g/mol. The standard InChI is InChI=1S/C13H14Cl3NO4S/c14-9-6-11(16)12(7-10(9)15)22(20,21)17-3-1-8(2-4-17)5-13(18)19/h6-8H,1-5H2,(H,18,19). The third-order valence-electron chi connectivity index (χ3n) is 3.63. The van der Waals surface area contributed by atoms with Crippen LogP contribution in [0.3, 0.4) is 0 Å². The summed E-state index contributed by atoms with van der Waals surface area (Å²) in [4.78, 5) is 10.6. The lowest BCUT2D eigenvalue weighted by Gasteiger charge is -2.30. The molecular formula is C13H14Cl3NO4S. The molecule has 1 aliphatic rings. The van der Waals surface area contributed by atoms with Gasteiger partial charge in [0.1, 0.15) is 4.90 Å². The van der Waals surface area contributed by atoms with Gasteiger partial charge >= 0.3 is 5.97 Å². The Morgan fingerprint density at radius 3 is 2.23 bits per heavy atom. The van der Waals surface area contributed by atoms with Gasteiger partial charge in [0, 0.05) is 19.5 Å². The molecule has 2 rings (SSSR count). The van der Waals surface area contributed by atoms with Crippen LogP contribution in [0, 0.1) is 5.92 Å². The minimum atomic E-state index is -3.77. The topological polar surface area (TPSA) is 74.7 Å². The Bertz CT molecular complexity index is 685. The quantitative estimate of drug-likeness (QED) is 0.803. The van der Waals surface area contributed by atoms with E-state index in [4.69, 9.17) is 39.9 Å². The number of piperidine rings is 1. The van der Waals surface area contributed by atoms with Gasteiger partial charge in [0.05, 0.1) is 15.1 Å². The molecule has 22 heavy (non-hydrogen) atoms. The first-order valence-corrected chi connectivity index (χ1v) is 9.15. The Balaban J connectivity index is 2.19. The number of aliphatic carboxylic acids is 1. The second kappa shape index (κ2) is 6.93. The van der Waals surface area contributed by atoms with Crippen LogP contribution in [-0.2, 0) is 14.8 Å². The minimum Gasteiger partial charge on any atom is -0.481 e. The molecule has 5 nitrogen and oxygen atoms in total. The van der Waals surface area contributed by atoms with E-state index in [-0.39, 0.29) is 45.4 Å². The lowest BCUT2D eigenvalue weighted by molar-refractivity contribution is -0.138. The fraction of sp³-hybridized carbons (Fsp3) is 0.462. The zero-order valence-corrected chi connectivity index (χ0v) is 14.5. The van der Waals surface area contributed by atoms with E-state index in [0.717, 1.165) is 0 Å². The van der Waals surface area contributed by atoms with Crippen molar-refractivity contribution < 1.29 is 18.3 Å². The number of carbonyl (C=O) groups is 1. The van der Waals surface area contributed by atoms with Crippen molar-refractivity contribution in [3.05, 3.63) is 27.2 Å². The van der Waals surface area contributed by atoms with Crippen molar-refractivity contribution in [1.82, 2.24) is 4.31 Å². The molecule has 0 unspecified atom stereocenters. The summed E-state index contributed by atoms with van der Waals surface area (Å²) >= 11 is 17.7. The summed E-state index contributed by atoms with van der Waals surface area (Å²) in [6.07, 6.45) is 1.07. The largest absolute Gasteiger partial charge is 0.481 e. The first kappa shape index (κ1) is 17.8. The van der Waals surface area contributed by atoms with E-state index in [9.17, 15) is 13.2 Å². The van der Waals surface area contributed by atoms with Crippen molar-refractivity contribution in [3.63, 3.8) is 0 Å². The van der Waals surface area contributed by atoms with Gasteiger partial charge in [0.15, 0.2) is 0 Å². The zero-order chi connectivity index (χ0) is 16.5. The van der Waals surface area contributed by atoms with E-state index in [1.165, 1.54) is 16.4 Å². The predicted molar refractivity (Wildman–Crippen MR) is 85.2 cm³/mol. The lowest BCUT2D eigenvalue weighted by atomic mass is 9.95. The van der Waals surface area contributed by atoms with Crippen LogP contribution >= 0.6 is 34.8 Å². The monoisotopic (exact) mass is 385 g/mol. The van der Waals surface area contributed by atoms with Crippen LogP contribution in [0.2, 0.25) is 15.1 Å². The average molecular weight is 387 g/mol. The van der Waals surface area contributed by atoms with Crippen LogP contribution in [0.4, 0.5) is 0 Å². The van der Waals surface area contributed by atoms with Gasteiger partial charge in [-0.2, -0.15) is 4.31 Å². The SMILES string of the molecule is O=C(O)CC1CCN(S(=O)(=O)c2cc(Cl)c(Cl)cc2Cl)CC1. The molecule has 0 amide bonds. The van der Waals surface area contributed by atoms with Crippen molar-refractivity contribution in [2.24, 2.45) is 5.92 Å². The molecule has 0 radical (unpaired) electrons. The number of hydrogen-bond donors (Lipinski definition) is 1. The van der Waals surface area contributed by atoms with Crippen molar-refractivity contribution in [2.45, 2.75) is 24.2 Å². The minimum absolute atomic E-state index is 0.00627. The molecule has 1 aromatic carbocycles. The van der Waals surface area contributed by atoms with Gasteiger partial charge in [-0.1, -0.05) is 34.8 Å². The van der Waals surface area contributed by atoms with E-state index in [2.05, 4.69) is 0 Å². The maximum absolute atomic E-state index is 12.6. The molecule has 1 heterocycles. The molecule has 1 fully saturated rings. The number of carboxylic acid groups (broad SMARTS) is 1. The van der Waals surface area contributed by atoms with Crippen molar-refractivity contribution in [1.29, 1.82) is 0 Å². The van der Waals surface area contributed by atoms with E-state index in [0.29, 0.717) is 12.8 Å². The van der Waals surface area contributed by atoms with Crippen molar-refractivity contribution in [3.8, 4) is 0 Å². The molecule has 0 spiro atoms. The molecule has 0 atom stereocenters. The average Bonchev–Trinajstić information content (AvgIpc) is 2.42. The summed E-state index contributed by atoms with van der Waals surface area (Å²) in [5.41, 5.74) is 0. The number of sulfonamides is 1. The zero-order valence-electron chi connectivity index (χ0n) is 11.4. The predicted octanol–water partition coefficient (Wildman–Crippen LogP) is 3.52. The van der Waals surface area contributed by atoms with Gasteiger partial charge in [0.25, 0.3) is 0 Å². The highest BCUT2D eigenvalue weighted by atomic mass is 35.5. The molecule has 0 bridgehead atoms. The Kier molecular flexibility index (Phi) is 5.61. The Morgan fingerprint density at radius 1 is 1.14 bits per heavy atom. The molecule has 9 heteroatoms. The number of rotatable bonds is 4. The first-order valence-electron chi connectivity index (χ1n) is 6.58. The lowest BCUT2D eigenvalue weighted by Crippen LogP contribution is -2.39. The van der Waals surface area contributed by atoms with Crippen LogP contribution in [0.1, 0.15) is 19.3 Å². The van der Waals surface area contributed by atoms with Crippen LogP contribution in [0.25, 0.3) is 0 Å². The Hall–Kier alpha value is -0.530. The fourth-order valence-electron chi connectivity index (χ4n) is 2.44. The number of nitrogens with zero attached hydrogens (tertiary/aromatic N) is 1. The Morgan fingerprint density at radius 2 is 1.68 bits per heavy atom. The van der Waals surface area contributed by atoms with Gasteiger partial charge < -0.3 is 5.11 Å². The summed E-state index contributed by atoms with van der Waals surface area (Å²) in [6, 6.07) is 2.54. The summed E-state index contributed by atoms with van der Waals surface area (Å²) in [5.74, 6) is -0.873. The maximum Gasteiger partial charge on any atom is 0.303 e. The summed E-state index contributed by atoms with van der Waals surface area (Å²) in [5, 5.41) is 9.10. The summed E-state index contributed by atoms with van der Waals surface area (Å²) < 4.78 is 26.6. The highest BCUT2D eigenvalue weighted by Crippen LogP contribution is 2.34. The van der Waals surface area contributed by atoms with Crippen LogP contribution in [-0.4, -0.2) is 36.9 Å². The third kappa shape index (κ3) is 3.86. The molecule has 122 valence electrons. The smallest absolute Gasteiger partial charge is 0.303 e. The van der Waals surface area contributed by atoms with E-state index in [1.54, 1.807) is 0 Å². The van der Waals surface area contributed by atoms with E-state index < -0.39 is 16.0 Å². The normalized spacial score (nSPS) is 17.6. The molecule has 1 aromatic rings. The number of halogens is 3. The molecule has 0 saturated carbocycles. The van der Waals surface area contributed by atoms with Crippen LogP contribution in [0.5, 0.6) is 0 Å². The number of hydrogen-bond acceptors (Lipinski definition) is 3. The van der Waals surface area contributed by atoms with E-state index in [1.807, 2.05) is 0 Å². The van der Waals surface area contributed by atoms with Gasteiger partial charge in [0.2, 0.25) is 10.0 Å². The molecule has 1 aliphatic heterocycles. The fourth-order valence-corrected chi connectivity index (χ4v) is 4.89. The van der Waals surface area contributed by atoms with E-state index >= 15 is 0 Å². The molecule has 1 N–H and O–H groups in total. The Labute approximate surface area is 143 Å². The number of carboxylic acids is 1. The molecule has 0 aliphatic carbocycles. The summed E-state index contributed by atoms with van der Waals surface area (Å²) in [7, 11) is -3.77. The summed E-state index contributed by atoms with van der Waals surface area (Å²) in [6.45, 7) is 0.522.